The van der Waals surface area contributed by atoms with Gasteiger partial charge in [-0.2, -0.15) is 0 Å². The lowest BCUT2D eigenvalue weighted by Gasteiger charge is -2.30. The van der Waals surface area contributed by atoms with E-state index in [-0.39, 0.29) is 30.3 Å². The summed E-state index contributed by atoms with van der Waals surface area (Å²) in [6.07, 6.45) is 0. The van der Waals surface area contributed by atoms with Crippen LogP contribution in [-0.4, -0.2) is 30.6 Å². The van der Waals surface area contributed by atoms with E-state index in [0.717, 1.165) is 13.8 Å². The number of nitrogens with two attached hydrogens (primary N) is 1. The molecule has 3 N–H and O–H groups in total. The predicted octanol–water partition coefficient (Wildman–Crippen LogP) is 2.11. The van der Waals surface area contributed by atoms with Crippen LogP contribution in [0.1, 0.15) is 26.3 Å². The molecule has 1 aliphatic rings. The number of carbonyl (C=O) groups excluding carboxylic acids is 1. The summed E-state index contributed by atoms with van der Waals surface area (Å²) in [5, 5.41) is 2.42. The quantitative estimate of drug-likeness (QED) is 0.897. The highest BCUT2D eigenvalue weighted by atomic mass is 19.1. The van der Waals surface area contributed by atoms with Gasteiger partial charge in [-0.15, -0.1) is 0 Å². The largest absolute Gasteiger partial charge is 0.386 e. The Morgan fingerprint density at radius 3 is 2.77 bits per heavy atom. The predicted molar refractivity (Wildman–Crippen MR) is 80.0 cm³/mol. The number of nitrogens with one attached hydrogen (secondary N) is 1. The van der Waals surface area contributed by atoms with Crippen molar-refractivity contribution in [2.75, 3.05) is 18.5 Å². The molecule has 1 heterocycles. The number of rotatable bonds is 3. The van der Waals surface area contributed by atoms with Crippen LogP contribution in [0.3, 0.4) is 0 Å². The molecule has 0 aliphatic carbocycles. The Hall–Kier alpha value is -2.02. The molecule has 0 aromatic heterocycles. The molecule has 1 aromatic rings. The number of anilines is 1. The van der Waals surface area contributed by atoms with E-state index in [1.54, 1.807) is 6.92 Å². The summed E-state index contributed by atoms with van der Waals surface area (Å²) in [7, 11) is 0. The van der Waals surface area contributed by atoms with Gasteiger partial charge in [-0.1, -0.05) is 0 Å². The first kappa shape index (κ1) is 16.4. The van der Waals surface area contributed by atoms with Crippen LogP contribution in [0, 0.1) is 5.82 Å². The van der Waals surface area contributed by atoms with Crippen LogP contribution in [0.2, 0.25) is 0 Å². The van der Waals surface area contributed by atoms with Crippen molar-refractivity contribution in [1.29, 1.82) is 0 Å². The average Bonchev–Trinajstić information content (AvgIpc) is 2.39. The van der Waals surface area contributed by atoms with Gasteiger partial charge in [-0.05, 0) is 39.0 Å². The van der Waals surface area contributed by atoms with Gasteiger partial charge in [0.1, 0.15) is 23.8 Å². The van der Waals surface area contributed by atoms with Crippen molar-refractivity contribution in [3.63, 3.8) is 0 Å². The van der Waals surface area contributed by atoms with E-state index in [0.29, 0.717) is 0 Å². The number of hydrogen-bond donors (Lipinski definition) is 2. The fourth-order valence-electron chi connectivity index (χ4n) is 2.17. The lowest BCUT2D eigenvalue weighted by atomic mass is 9.91. The zero-order chi connectivity index (χ0) is 16.5. The summed E-state index contributed by atoms with van der Waals surface area (Å²) in [6, 6.07) is 3.98. The van der Waals surface area contributed by atoms with Crippen molar-refractivity contribution < 1.29 is 18.3 Å². The van der Waals surface area contributed by atoms with Gasteiger partial charge in [0.15, 0.2) is 5.67 Å². The molecule has 0 fully saturated rings. The Kier molecular flexibility index (Phi) is 4.19. The van der Waals surface area contributed by atoms with E-state index in [4.69, 9.17) is 10.5 Å². The molecule has 0 radical (unpaired) electrons. The zero-order valence-corrected chi connectivity index (χ0v) is 12.7. The minimum atomic E-state index is -2.03. The Labute approximate surface area is 127 Å². The van der Waals surface area contributed by atoms with Gasteiger partial charge in [0.2, 0.25) is 0 Å². The average molecular weight is 311 g/mol. The number of carbonyl (C=O) groups is 1. The van der Waals surface area contributed by atoms with Gasteiger partial charge in [0, 0.05) is 11.3 Å². The van der Waals surface area contributed by atoms with Gasteiger partial charge in [0.05, 0.1) is 6.61 Å². The summed E-state index contributed by atoms with van der Waals surface area (Å²) in [5.41, 5.74) is 3.15. The molecule has 2 rings (SSSR count). The third kappa shape index (κ3) is 3.41. The number of hydrogen-bond acceptors (Lipinski definition) is 4. The van der Waals surface area contributed by atoms with Gasteiger partial charge in [0.25, 0.3) is 5.91 Å². The number of alkyl halides is 1. The van der Waals surface area contributed by atoms with E-state index in [1.165, 1.54) is 18.2 Å². The molecule has 0 spiro atoms. The highest BCUT2D eigenvalue weighted by molar-refractivity contribution is 5.96. The first-order valence-corrected chi connectivity index (χ1v) is 6.84. The van der Waals surface area contributed by atoms with Crippen molar-refractivity contribution in [3.8, 4) is 0 Å². The number of halogens is 2. The molecule has 7 heteroatoms. The second kappa shape index (κ2) is 5.64. The molecule has 1 unspecified atom stereocenters. The monoisotopic (exact) mass is 311 g/mol. The van der Waals surface area contributed by atoms with E-state index in [2.05, 4.69) is 10.3 Å². The lowest BCUT2D eigenvalue weighted by Crippen LogP contribution is -2.38. The van der Waals surface area contributed by atoms with E-state index in [9.17, 15) is 13.6 Å². The highest BCUT2D eigenvalue weighted by Gasteiger charge is 2.33. The lowest BCUT2D eigenvalue weighted by molar-refractivity contribution is -0.125. The van der Waals surface area contributed by atoms with Crippen LogP contribution in [0.5, 0.6) is 0 Å². The Morgan fingerprint density at radius 2 is 2.18 bits per heavy atom. The van der Waals surface area contributed by atoms with E-state index in [1.807, 2.05) is 0 Å². The first-order chi connectivity index (χ1) is 10.1. The molecular formula is C15H19F2N3O2. The summed E-state index contributed by atoms with van der Waals surface area (Å²) in [5.74, 6) is -1.03. The van der Waals surface area contributed by atoms with Crippen LogP contribution in [0.15, 0.2) is 23.2 Å². The molecule has 1 atom stereocenters. The maximum atomic E-state index is 14.1. The third-order valence-corrected chi connectivity index (χ3v) is 3.37. The normalized spacial score (nSPS) is 22.1. The topological polar surface area (TPSA) is 76.7 Å². The Morgan fingerprint density at radius 1 is 1.50 bits per heavy atom. The maximum Gasteiger partial charge on any atom is 0.261 e. The van der Waals surface area contributed by atoms with Crippen molar-refractivity contribution >= 4 is 17.4 Å². The third-order valence-electron chi connectivity index (χ3n) is 3.37. The number of amides is 1. The SMILES string of the molecule is CC(C)(F)C(=O)Nc1ccc(F)c(C2(C)COCC(N)=N2)c1. The molecule has 0 saturated heterocycles. The summed E-state index contributed by atoms with van der Waals surface area (Å²) in [4.78, 5) is 15.9. The van der Waals surface area contributed by atoms with Crippen molar-refractivity contribution in [2.24, 2.45) is 10.7 Å². The van der Waals surface area contributed by atoms with E-state index >= 15 is 0 Å². The van der Waals surface area contributed by atoms with Gasteiger partial charge >= 0.3 is 0 Å². The smallest absolute Gasteiger partial charge is 0.261 e. The number of benzene rings is 1. The Bertz CT molecular complexity index is 626. The summed E-state index contributed by atoms with van der Waals surface area (Å²) >= 11 is 0. The van der Waals surface area contributed by atoms with Gasteiger partial charge in [-0.25, -0.2) is 8.78 Å². The van der Waals surface area contributed by atoms with E-state index < -0.39 is 22.9 Å². The first-order valence-electron chi connectivity index (χ1n) is 6.84. The van der Waals surface area contributed by atoms with Crippen molar-refractivity contribution in [3.05, 3.63) is 29.6 Å². The van der Waals surface area contributed by atoms with Crippen LogP contribution < -0.4 is 11.1 Å². The summed E-state index contributed by atoms with van der Waals surface area (Å²) in [6.45, 7) is 4.34. The molecule has 0 bridgehead atoms. The van der Waals surface area contributed by atoms with Crippen molar-refractivity contribution in [2.45, 2.75) is 32.0 Å². The number of ether oxygens (including phenoxy) is 1. The molecule has 5 nitrogen and oxygen atoms in total. The molecule has 120 valence electrons. The van der Waals surface area contributed by atoms with Crippen molar-refractivity contribution in [1.82, 2.24) is 0 Å². The Balaban J connectivity index is 2.36. The fraction of sp³-hybridized carbons (Fsp3) is 0.467. The van der Waals surface area contributed by atoms with Crippen LogP contribution in [0.25, 0.3) is 0 Å². The molecule has 1 aromatic carbocycles. The standard InChI is InChI=1S/C15H19F2N3O2/c1-14(2,17)13(21)19-9-4-5-11(16)10(6-9)15(3)8-22-7-12(18)20-15/h4-6H,7-8H2,1-3H3,(H2,18,20)(H,19,21). The minimum Gasteiger partial charge on any atom is -0.386 e. The van der Waals surface area contributed by atoms with Gasteiger partial charge < -0.3 is 15.8 Å². The summed E-state index contributed by atoms with van der Waals surface area (Å²) < 4.78 is 33.0. The second-order valence-electron chi connectivity index (χ2n) is 5.99. The van der Waals surface area contributed by atoms with Crippen LogP contribution in [-0.2, 0) is 15.1 Å². The number of nitrogens with zero attached hydrogens (tertiary/aromatic N) is 1. The maximum absolute atomic E-state index is 14.1. The number of aliphatic imine (C=N–C) groups is 1. The highest BCUT2D eigenvalue weighted by Crippen LogP contribution is 2.32. The van der Waals surface area contributed by atoms with Crippen LogP contribution in [0.4, 0.5) is 14.5 Å². The molecule has 1 amide bonds. The molecule has 0 saturated carbocycles. The zero-order valence-electron chi connectivity index (χ0n) is 12.7. The molecule has 1 aliphatic heterocycles. The van der Waals surface area contributed by atoms with Gasteiger partial charge in [-0.3, -0.25) is 9.79 Å². The fourth-order valence-corrected chi connectivity index (χ4v) is 2.17. The number of amidine groups is 1. The minimum absolute atomic E-state index is 0.163. The second-order valence-corrected chi connectivity index (χ2v) is 5.99. The molecule has 22 heavy (non-hydrogen) atoms. The molecular weight excluding hydrogens is 292 g/mol. The van der Waals surface area contributed by atoms with Crippen LogP contribution >= 0.6 is 0 Å².